The number of carboxylic acid groups (broad SMARTS) is 1. The van der Waals surface area contributed by atoms with E-state index in [-0.39, 0.29) is 6.42 Å². The van der Waals surface area contributed by atoms with Crippen LogP contribution in [-0.2, 0) is 17.6 Å². The number of hydrogen-bond donors (Lipinski definition) is 1. The zero-order chi connectivity index (χ0) is 13.1. The molecule has 0 saturated carbocycles. The second kappa shape index (κ2) is 5.08. The summed E-state index contributed by atoms with van der Waals surface area (Å²) in [5, 5.41) is 11.0. The SMILES string of the molecule is CCc1c(CC(=O)O)ccc2c(OC)cccc12. The van der Waals surface area contributed by atoms with E-state index in [2.05, 4.69) is 0 Å². The first kappa shape index (κ1) is 12.4. The lowest BCUT2D eigenvalue weighted by molar-refractivity contribution is -0.136. The quantitative estimate of drug-likeness (QED) is 0.899. The molecule has 0 spiro atoms. The van der Waals surface area contributed by atoms with Crippen molar-refractivity contribution in [1.29, 1.82) is 0 Å². The standard InChI is InChI=1S/C15H16O3/c1-3-11-10(9-15(16)17)7-8-13-12(11)5-4-6-14(13)18-2/h4-8H,3,9H2,1-2H3,(H,16,17). The predicted molar refractivity (Wildman–Crippen MR) is 71.2 cm³/mol. The third kappa shape index (κ3) is 2.16. The first-order chi connectivity index (χ1) is 8.67. The molecule has 0 bridgehead atoms. The van der Waals surface area contributed by atoms with Crippen LogP contribution in [0, 0.1) is 0 Å². The fraction of sp³-hybridized carbons (Fsp3) is 0.267. The van der Waals surface area contributed by atoms with Crippen molar-refractivity contribution in [3.63, 3.8) is 0 Å². The highest BCUT2D eigenvalue weighted by molar-refractivity contribution is 5.92. The highest BCUT2D eigenvalue weighted by atomic mass is 16.5. The van der Waals surface area contributed by atoms with Gasteiger partial charge in [0.1, 0.15) is 5.75 Å². The number of hydrogen-bond acceptors (Lipinski definition) is 2. The Kier molecular flexibility index (Phi) is 3.51. The van der Waals surface area contributed by atoms with Crippen molar-refractivity contribution in [2.24, 2.45) is 0 Å². The van der Waals surface area contributed by atoms with Gasteiger partial charge in [-0.3, -0.25) is 4.79 Å². The molecule has 3 heteroatoms. The monoisotopic (exact) mass is 244 g/mol. The topological polar surface area (TPSA) is 46.5 Å². The van der Waals surface area contributed by atoms with Crippen molar-refractivity contribution >= 4 is 16.7 Å². The summed E-state index contributed by atoms with van der Waals surface area (Å²) in [6, 6.07) is 9.69. The number of ether oxygens (including phenoxy) is 1. The Morgan fingerprint density at radius 3 is 2.61 bits per heavy atom. The fourth-order valence-corrected chi connectivity index (χ4v) is 2.36. The molecule has 94 valence electrons. The van der Waals surface area contributed by atoms with Gasteiger partial charge < -0.3 is 9.84 Å². The highest BCUT2D eigenvalue weighted by Crippen LogP contribution is 2.30. The minimum atomic E-state index is -0.799. The molecule has 0 amide bonds. The Balaban J connectivity index is 2.68. The van der Waals surface area contributed by atoms with Gasteiger partial charge in [-0.05, 0) is 29.0 Å². The second-order valence-corrected chi connectivity index (χ2v) is 4.18. The van der Waals surface area contributed by atoms with Crippen molar-refractivity contribution in [2.75, 3.05) is 7.11 Å². The number of aryl methyl sites for hydroxylation is 1. The van der Waals surface area contributed by atoms with Gasteiger partial charge in [-0.25, -0.2) is 0 Å². The largest absolute Gasteiger partial charge is 0.496 e. The molecule has 0 unspecified atom stereocenters. The third-order valence-corrected chi connectivity index (χ3v) is 3.15. The summed E-state index contributed by atoms with van der Waals surface area (Å²) in [4.78, 5) is 10.9. The molecule has 0 aliphatic carbocycles. The molecule has 2 aromatic carbocycles. The normalized spacial score (nSPS) is 10.6. The molecule has 2 rings (SSSR count). The molecule has 2 aromatic rings. The molecule has 0 saturated heterocycles. The lowest BCUT2D eigenvalue weighted by atomic mass is 9.95. The lowest BCUT2D eigenvalue weighted by Gasteiger charge is -2.12. The van der Waals surface area contributed by atoms with Gasteiger partial charge in [0.15, 0.2) is 0 Å². The van der Waals surface area contributed by atoms with Crippen LogP contribution in [0.2, 0.25) is 0 Å². The summed E-state index contributed by atoms with van der Waals surface area (Å²) in [7, 11) is 1.64. The summed E-state index contributed by atoms with van der Waals surface area (Å²) in [5.74, 6) is 0.0241. The van der Waals surface area contributed by atoms with Crippen LogP contribution in [0.25, 0.3) is 10.8 Å². The van der Waals surface area contributed by atoms with Gasteiger partial charge in [-0.1, -0.05) is 31.2 Å². The number of benzene rings is 2. The van der Waals surface area contributed by atoms with Crippen LogP contribution in [0.1, 0.15) is 18.1 Å². The molecule has 0 aliphatic heterocycles. The van der Waals surface area contributed by atoms with Crippen LogP contribution in [0.4, 0.5) is 0 Å². The molecular formula is C15H16O3. The number of rotatable bonds is 4. The van der Waals surface area contributed by atoms with Crippen LogP contribution in [0.5, 0.6) is 5.75 Å². The maximum atomic E-state index is 10.9. The number of carboxylic acids is 1. The first-order valence-corrected chi connectivity index (χ1v) is 5.96. The van der Waals surface area contributed by atoms with Gasteiger partial charge in [0.05, 0.1) is 13.5 Å². The van der Waals surface area contributed by atoms with E-state index in [1.54, 1.807) is 7.11 Å². The molecule has 0 radical (unpaired) electrons. The average molecular weight is 244 g/mol. The smallest absolute Gasteiger partial charge is 0.307 e. The van der Waals surface area contributed by atoms with Crippen molar-refractivity contribution in [3.05, 3.63) is 41.5 Å². The van der Waals surface area contributed by atoms with Gasteiger partial charge in [0.2, 0.25) is 0 Å². The van der Waals surface area contributed by atoms with Crippen molar-refractivity contribution in [1.82, 2.24) is 0 Å². The van der Waals surface area contributed by atoms with E-state index in [9.17, 15) is 4.79 Å². The Morgan fingerprint density at radius 1 is 1.22 bits per heavy atom. The van der Waals surface area contributed by atoms with Crippen LogP contribution >= 0.6 is 0 Å². The third-order valence-electron chi connectivity index (χ3n) is 3.15. The minimum absolute atomic E-state index is 0.0658. The Morgan fingerprint density at radius 2 is 2.00 bits per heavy atom. The van der Waals surface area contributed by atoms with Gasteiger partial charge in [0, 0.05) is 5.39 Å². The van der Waals surface area contributed by atoms with E-state index >= 15 is 0 Å². The fourth-order valence-electron chi connectivity index (χ4n) is 2.36. The summed E-state index contributed by atoms with van der Waals surface area (Å²) in [6.07, 6.45) is 0.878. The van der Waals surface area contributed by atoms with E-state index in [4.69, 9.17) is 9.84 Å². The number of carbonyl (C=O) groups is 1. The van der Waals surface area contributed by atoms with Crippen molar-refractivity contribution in [2.45, 2.75) is 19.8 Å². The van der Waals surface area contributed by atoms with Gasteiger partial charge in [0.25, 0.3) is 0 Å². The van der Waals surface area contributed by atoms with Crippen LogP contribution < -0.4 is 4.74 Å². The minimum Gasteiger partial charge on any atom is -0.496 e. The second-order valence-electron chi connectivity index (χ2n) is 4.18. The van der Waals surface area contributed by atoms with E-state index < -0.39 is 5.97 Å². The molecule has 18 heavy (non-hydrogen) atoms. The molecule has 0 fully saturated rings. The van der Waals surface area contributed by atoms with Gasteiger partial charge >= 0.3 is 5.97 Å². The molecule has 0 atom stereocenters. The lowest BCUT2D eigenvalue weighted by Crippen LogP contribution is -2.04. The maximum absolute atomic E-state index is 10.9. The molecule has 0 aromatic heterocycles. The Hall–Kier alpha value is -2.03. The summed E-state index contributed by atoms with van der Waals surface area (Å²) < 4.78 is 5.33. The maximum Gasteiger partial charge on any atom is 0.307 e. The Bertz CT molecular complexity index is 588. The van der Waals surface area contributed by atoms with E-state index in [0.29, 0.717) is 0 Å². The van der Waals surface area contributed by atoms with E-state index in [1.165, 1.54) is 0 Å². The molecule has 0 heterocycles. The number of aliphatic carboxylic acids is 1. The molecule has 0 aliphatic rings. The number of methoxy groups -OCH3 is 1. The molecular weight excluding hydrogens is 228 g/mol. The highest BCUT2D eigenvalue weighted by Gasteiger charge is 2.11. The molecule has 1 N–H and O–H groups in total. The van der Waals surface area contributed by atoms with E-state index in [1.807, 2.05) is 37.3 Å². The van der Waals surface area contributed by atoms with Crippen molar-refractivity contribution in [3.8, 4) is 5.75 Å². The predicted octanol–water partition coefficient (Wildman–Crippen LogP) is 3.04. The first-order valence-electron chi connectivity index (χ1n) is 5.96. The van der Waals surface area contributed by atoms with Crippen LogP contribution in [0.15, 0.2) is 30.3 Å². The average Bonchev–Trinajstić information content (AvgIpc) is 2.37. The Labute approximate surface area is 106 Å². The zero-order valence-corrected chi connectivity index (χ0v) is 10.6. The molecule has 3 nitrogen and oxygen atoms in total. The summed E-state index contributed by atoms with van der Waals surface area (Å²) in [5.41, 5.74) is 1.97. The van der Waals surface area contributed by atoms with Crippen LogP contribution in [0.3, 0.4) is 0 Å². The van der Waals surface area contributed by atoms with Gasteiger partial charge in [-0.15, -0.1) is 0 Å². The zero-order valence-electron chi connectivity index (χ0n) is 10.6. The summed E-state index contributed by atoms with van der Waals surface area (Å²) in [6.45, 7) is 2.04. The number of fused-ring (bicyclic) bond motifs is 1. The van der Waals surface area contributed by atoms with E-state index in [0.717, 1.165) is 34.1 Å². The van der Waals surface area contributed by atoms with Gasteiger partial charge in [-0.2, -0.15) is 0 Å². The summed E-state index contributed by atoms with van der Waals surface area (Å²) >= 11 is 0. The van der Waals surface area contributed by atoms with Crippen LogP contribution in [-0.4, -0.2) is 18.2 Å². The van der Waals surface area contributed by atoms with Crippen molar-refractivity contribution < 1.29 is 14.6 Å².